The van der Waals surface area contributed by atoms with Crippen molar-refractivity contribution in [1.82, 2.24) is 29.8 Å². The van der Waals surface area contributed by atoms with Gasteiger partial charge >= 0.3 is 11.8 Å². The van der Waals surface area contributed by atoms with Crippen molar-refractivity contribution >= 4 is 11.8 Å². The molecule has 28 heavy (non-hydrogen) atoms. The fraction of sp³-hybridized carbons (Fsp3) is 0.556. The fourth-order valence-electron chi connectivity index (χ4n) is 3.74. The number of rotatable bonds is 4. The number of nitrogens with one attached hydrogen (secondary N) is 1. The lowest BCUT2D eigenvalue weighted by Gasteiger charge is -2.34. The normalized spacial score (nSPS) is 23.5. The van der Waals surface area contributed by atoms with Gasteiger partial charge in [-0.15, -0.1) is 0 Å². The summed E-state index contributed by atoms with van der Waals surface area (Å²) in [6.45, 7) is 0.473. The molecule has 1 saturated carbocycles. The van der Waals surface area contributed by atoms with E-state index in [0.29, 0.717) is 12.2 Å². The Hall–Kier alpha value is -2.78. The number of nitrogens with zero attached hydrogens (tertiary/aromatic N) is 5. The van der Waals surface area contributed by atoms with E-state index in [1.54, 1.807) is 28.9 Å². The summed E-state index contributed by atoms with van der Waals surface area (Å²) in [6.07, 6.45) is 7.30. The van der Waals surface area contributed by atoms with E-state index in [-0.39, 0.29) is 19.0 Å². The zero-order valence-corrected chi connectivity index (χ0v) is 15.5. The van der Waals surface area contributed by atoms with Gasteiger partial charge in [-0.2, -0.15) is 10.2 Å². The molecule has 150 valence electrons. The number of likely N-dealkylation sites (tertiary alicyclic amines) is 1. The number of carbonyl (C=O) groups excluding carboxylic acids is 2. The van der Waals surface area contributed by atoms with Gasteiger partial charge < -0.3 is 10.2 Å². The Kier molecular flexibility index (Phi) is 4.64. The summed E-state index contributed by atoms with van der Waals surface area (Å²) in [5, 5.41) is 10.6. The van der Waals surface area contributed by atoms with Crippen LogP contribution < -0.4 is 5.32 Å². The van der Waals surface area contributed by atoms with Gasteiger partial charge in [-0.05, 0) is 25.3 Å². The monoisotopic (exact) mass is 392 g/mol. The van der Waals surface area contributed by atoms with Crippen molar-refractivity contribution in [2.24, 2.45) is 7.05 Å². The van der Waals surface area contributed by atoms with Crippen molar-refractivity contribution in [2.75, 3.05) is 6.54 Å². The molecule has 1 saturated heterocycles. The second kappa shape index (κ2) is 6.99. The van der Waals surface area contributed by atoms with Crippen LogP contribution in [0, 0.1) is 0 Å². The summed E-state index contributed by atoms with van der Waals surface area (Å²) in [5.74, 6) is -4.12. The molecule has 2 aromatic rings. The summed E-state index contributed by atoms with van der Waals surface area (Å²) in [5.41, 5.74) is 1.35. The molecule has 0 radical (unpaired) electrons. The molecule has 2 aliphatic rings. The maximum atomic E-state index is 13.3. The van der Waals surface area contributed by atoms with Crippen LogP contribution in [-0.2, 0) is 23.2 Å². The first-order chi connectivity index (χ1) is 13.4. The van der Waals surface area contributed by atoms with Crippen LogP contribution in [0.5, 0.6) is 0 Å². The van der Waals surface area contributed by atoms with E-state index in [4.69, 9.17) is 0 Å². The highest BCUT2D eigenvalue weighted by molar-refractivity contribution is 6.35. The smallest absolute Gasteiger partial charge is 0.312 e. The van der Waals surface area contributed by atoms with E-state index in [1.807, 2.05) is 6.20 Å². The molecule has 2 fully saturated rings. The molecule has 2 unspecified atom stereocenters. The SMILES string of the molecule is Cn1cc(C2CCCCN2C(=O)C(=O)NCc2ccnn2C2CC2(F)F)cn1. The summed E-state index contributed by atoms with van der Waals surface area (Å²) in [6, 6.07) is 0.414. The molecular weight excluding hydrogens is 370 g/mol. The highest BCUT2D eigenvalue weighted by Crippen LogP contribution is 2.52. The maximum Gasteiger partial charge on any atom is 0.312 e. The van der Waals surface area contributed by atoms with Crippen molar-refractivity contribution < 1.29 is 18.4 Å². The topological polar surface area (TPSA) is 85.0 Å². The summed E-state index contributed by atoms with van der Waals surface area (Å²) >= 11 is 0. The molecule has 1 aliphatic heterocycles. The molecular formula is C18H22F2N6O2. The van der Waals surface area contributed by atoms with Crippen LogP contribution in [0.3, 0.4) is 0 Å². The average molecular weight is 392 g/mol. The zero-order chi connectivity index (χ0) is 19.9. The van der Waals surface area contributed by atoms with Crippen molar-refractivity contribution in [3.63, 3.8) is 0 Å². The molecule has 8 nitrogen and oxygen atoms in total. The van der Waals surface area contributed by atoms with Gasteiger partial charge in [0.05, 0.1) is 24.5 Å². The van der Waals surface area contributed by atoms with E-state index in [0.717, 1.165) is 24.8 Å². The standard InChI is InChI=1S/C18H22F2N6O2/c1-24-11-12(9-23-24)14-4-2-3-7-25(14)17(28)16(27)21-10-13-5-6-22-26(13)15-8-18(15,19)20/h5-6,9,11,14-15H,2-4,7-8,10H2,1H3,(H,21,27). The number of alkyl halides is 2. The quantitative estimate of drug-likeness (QED) is 0.801. The third-order valence-electron chi connectivity index (χ3n) is 5.34. The Morgan fingerprint density at radius 3 is 2.79 bits per heavy atom. The van der Waals surface area contributed by atoms with Crippen LogP contribution in [0.25, 0.3) is 0 Å². The van der Waals surface area contributed by atoms with Crippen molar-refractivity contribution in [1.29, 1.82) is 0 Å². The number of amides is 2. The number of aryl methyl sites for hydroxylation is 1. The largest absolute Gasteiger partial charge is 0.342 e. The Balaban J connectivity index is 1.40. The number of hydrogen-bond acceptors (Lipinski definition) is 4. The highest BCUT2D eigenvalue weighted by Gasteiger charge is 2.59. The minimum absolute atomic E-state index is 0.0252. The average Bonchev–Trinajstić information content (AvgIpc) is 3.06. The van der Waals surface area contributed by atoms with E-state index in [9.17, 15) is 18.4 Å². The van der Waals surface area contributed by atoms with E-state index in [2.05, 4.69) is 15.5 Å². The molecule has 0 spiro atoms. The van der Waals surface area contributed by atoms with Gasteiger partial charge in [-0.1, -0.05) is 0 Å². The lowest BCUT2D eigenvalue weighted by molar-refractivity contribution is -0.148. The second-order valence-corrected chi connectivity index (χ2v) is 7.39. The number of aromatic nitrogens is 4. The van der Waals surface area contributed by atoms with Crippen LogP contribution in [0.2, 0.25) is 0 Å². The van der Waals surface area contributed by atoms with Gasteiger partial charge in [0.2, 0.25) is 0 Å². The zero-order valence-electron chi connectivity index (χ0n) is 15.5. The minimum Gasteiger partial charge on any atom is -0.342 e. The van der Waals surface area contributed by atoms with Crippen LogP contribution in [0.15, 0.2) is 24.7 Å². The van der Waals surface area contributed by atoms with Crippen molar-refractivity contribution in [3.8, 4) is 0 Å². The second-order valence-electron chi connectivity index (χ2n) is 7.39. The highest BCUT2D eigenvalue weighted by atomic mass is 19.3. The van der Waals surface area contributed by atoms with Gasteiger partial charge in [-0.3, -0.25) is 19.0 Å². The van der Waals surface area contributed by atoms with Crippen LogP contribution in [0.4, 0.5) is 8.78 Å². The summed E-state index contributed by atoms with van der Waals surface area (Å²) < 4.78 is 29.5. The minimum atomic E-state index is -2.76. The molecule has 10 heteroatoms. The number of piperidine rings is 1. The maximum absolute atomic E-state index is 13.3. The molecule has 2 aromatic heterocycles. The molecule has 1 N–H and O–H groups in total. The first-order valence-electron chi connectivity index (χ1n) is 9.34. The van der Waals surface area contributed by atoms with E-state index >= 15 is 0 Å². The van der Waals surface area contributed by atoms with Crippen LogP contribution >= 0.6 is 0 Å². The third kappa shape index (κ3) is 3.50. The Morgan fingerprint density at radius 1 is 1.32 bits per heavy atom. The van der Waals surface area contributed by atoms with Gasteiger partial charge in [0.25, 0.3) is 5.92 Å². The molecule has 2 amide bonds. The number of halogens is 2. The summed E-state index contributed by atoms with van der Waals surface area (Å²) in [7, 11) is 1.80. The van der Waals surface area contributed by atoms with Gasteiger partial charge in [0.1, 0.15) is 6.04 Å². The predicted octanol–water partition coefficient (Wildman–Crippen LogP) is 1.57. The molecule has 0 bridgehead atoms. The van der Waals surface area contributed by atoms with Gasteiger partial charge in [0, 0.05) is 38.0 Å². The lowest BCUT2D eigenvalue weighted by atomic mass is 9.97. The lowest BCUT2D eigenvalue weighted by Crippen LogP contribution is -2.46. The first kappa shape index (κ1) is 18.6. The Labute approximate surface area is 160 Å². The van der Waals surface area contributed by atoms with Crippen molar-refractivity contribution in [3.05, 3.63) is 35.9 Å². The molecule has 4 rings (SSSR count). The van der Waals surface area contributed by atoms with Crippen molar-refractivity contribution in [2.45, 2.75) is 50.2 Å². The van der Waals surface area contributed by atoms with E-state index in [1.165, 1.54) is 10.9 Å². The summed E-state index contributed by atoms with van der Waals surface area (Å²) in [4.78, 5) is 26.7. The van der Waals surface area contributed by atoms with Crippen LogP contribution in [0.1, 0.15) is 49.0 Å². The predicted molar refractivity (Wildman–Crippen MR) is 94.2 cm³/mol. The Morgan fingerprint density at radius 2 is 2.11 bits per heavy atom. The first-order valence-corrected chi connectivity index (χ1v) is 9.34. The Bertz CT molecular complexity index is 892. The number of carbonyl (C=O) groups is 2. The molecule has 1 aliphatic carbocycles. The molecule has 0 aromatic carbocycles. The fourth-order valence-corrected chi connectivity index (χ4v) is 3.74. The molecule has 2 atom stereocenters. The number of hydrogen-bond donors (Lipinski definition) is 1. The third-order valence-corrected chi connectivity index (χ3v) is 5.34. The van der Waals surface area contributed by atoms with E-state index < -0.39 is 23.8 Å². The van der Waals surface area contributed by atoms with Gasteiger partial charge in [0.15, 0.2) is 0 Å². The van der Waals surface area contributed by atoms with Crippen LogP contribution in [-0.4, -0.2) is 48.7 Å². The molecule has 3 heterocycles. The van der Waals surface area contributed by atoms with Gasteiger partial charge in [-0.25, -0.2) is 8.78 Å².